The summed E-state index contributed by atoms with van der Waals surface area (Å²) in [5.74, 6) is 1.50. The van der Waals surface area contributed by atoms with Gasteiger partial charge in [0.05, 0.1) is 57.8 Å². The van der Waals surface area contributed by atoms with Crippen LogP contribution in [-0.2, 0) is 22.6 Å². The molecule has 0 aliphatic carbocycles. The maximum Gasteiger partial charge on any atom is 0.241 e. The molecular weight excluding hydrogens is 646 g/mol. The molecule has 10 heteroatoms. The van der Waals surface area contributed by atoms with Gasteiger partial charge in [0, 0.05) is 12.1 Å². The summed E-state index contributed by atoms with van der Waals surface area (Å²) in [6.07, 6.45) is 0.314. The summed E-state index contributed by atoms with van der Waals surface area (Å²) in [5.41, 5.74) is 11.1. The number of benzene rings is 5. The standard InChI is InChI=1S/C41H41N3O7/c1-47-34-20-17-29(22-33(34)43-40(45)32(42)21-26-15-18-31(19-16-26)51-25-27-11-7-5-8-12-27)38-37(28-13-9-6-10-14-28)41(46)44(38)30-23-35(48-2)39(50-4)36(24-30)49-3/h5-20,22-24,32,37-38H,21,25,42H2,1-4H3,(H,43,45)/t32-,37-,38-/m0/s1. The van der Waals surface area contributed by atoms with E-state index >= 15 is 0 Å². The number of nitrogens with one attached hydrogen (secondary N) is 1. The Bertz CT molecular complexity index is 1940. The summed E-state index contributed by atoms with van der Waals surface area (Å²) in [5, 5.41) is 2.97. The average Bonchev–Trinajstić information content (AvgIpc) is 3.17. The molecule has 51 heavy (non-hydrogen) atoms. The molecule has 1 aliphatic heterocycles. The number of carbonyl (C=O) groups excluding carboxylic acids is 2. The minimum absolute atomic E-state index is 0.0969. The molecule has 3 N–H and O–H groups in total. The lowest BCUT2D eigenvalue weighted by Crippen LogP contribution is -2.53. The first kappa shape index (κ1) is 34.8. The highest BCUT2D eigenvalue weighted by Crippen LogP contribution is 2.52. The van der Waals surface area contributed by atoms with Crippen molar-refractivity contribution in [2.45, 2.75) is 31.0 Å². The number of amides is 2. The maximum atomic E-state index is 14.0. The summed E-state index contributed by atoms with van der Waals surface area (Å²) >= 11 is 0. The number of rotatable bonds is 14. The molecule has 0 saturated carbocycles. The summed E-state index contributed by atoms with van der Waals surface area (Å²) < 4.78 is 28.2. The highest BCUT2D eigenvalue weighted by Gasteiger charge is 2.50. The lowest BCUT2D eigenvalue weighted by molar-refractivity contribution is -0.126. The van der Waals surface area contributed by atoms with Gasteiger partial charge in [-0.3, -0.25) is 9.59 Å². The van der Waals surface area contributed by atoms with Gasteiger partial charge in [-0.2, -0.15) is 0 Å². The number of carbonyl (C=O) groups is 2. The Kier molecular flexibility index (Phi) is 10.7. The average molecular weight is 688 g/mol. The number of ether oxygens (including phenoxy) is 5. The van der Waals surface area contributed by atoms with E-state index < -0.39 is 18.0 Å². The number of anilines is 2. The van der Waals surface area contributed by atoms with Gasteiger partial charge >= 0.3 is 0 Å². The largest absolute Gasteiger partial charge is 0.495 e. The molecule has 5 aromatic carbocycles. The van der Waals surface area contributed by atoms with Crippen LogP contribution in [0.25, 0.3) is 0 Å². The molecule has 2 amide bonds. The Labute approximate surface area is 297 Å². The van der Waals surface area contributed by atoms with Crippen LogP contribution in [0.1, 0.15) is 34.2 Å². The lowest BCUT2D eigenvalue weighted by Gasteiger charge is -2.48. The third kappa shape index (κ3) is 7.46. The molecule has 0 aromatic heterocycles. The Balaban J connectivity index is 1.23. The van der Waals surface area contributed by atoms with Crippen LogP contribution in [0.4, 0.5) is 11.4 Å². The highest BCUT2D eigenvalue weighted by molar-refractivity contribution is 6.07. The summed E-state index contributed by atoms with van der Waals surface area (Å²) in [6, 6.07) is 34.9. The molecule has 1 fully saturated rings. The van der Waals surface area contributed by atoms with E-state index in [2.05, 4.69) is 5.32 Å². The van der Waals surface area contributed by atoms with Crippen LogP contribution in [-0.4, -0.2) is 46.3 Å². The van der Waals surface area contributed by atoms with Crippen molar-refractivity contribution in [2.24, 2.45) is 5.73 Å². The number of hydrogen-bond donors (Lipinski definition) is 2. The Hall–Kier alpha value is -6.00. The molecule has 0 bridgehead atoms. The Morgan fingerprint density at radius 3 is 1.96 bits per heavy atom. The topological polar surface area (TPSA) is 122 Å². The third-order valence-corrected chi connectivity index (χ3v) is 8.97. The van der Waals surface area contributed by atoms with E-state index in [1.165, 1.54) is 28.4 Å². The van der Waals surface area contributed by atoms with E-state index in [0.717, 1.165) is 28.0 Å². The molecule has 1 aliphatic rings. The van der Waals surface area contributed by atoms with Crippen LogP contribution < -0.4 is 39.6 Å². The van der Waals surface area contributed by atoms with Crippen molar-refractivity contribution in [3.8, 4) is 28.7 Å². The smallest absolute Gasteiger partial charge is 0.241 e. The lowest BCUT2D eigenvalue weighted by atomic mass is 9.77. The minimum atomic E-state index is -0.840. The molecule has 1 saturated heterocycles. The number of nitrogens with two attached hydrogens (primary N) is 1. The molecule has 5 aromatic rings. The predicted octanol–water partition coefficient (Wildman–Crippen LogP) is 6.68. The SMILES string of the molecule is COc1ccc([C@H]2[C@H](c3ccccc3)C(=O)N2c2cc(OC)c(OC)c(OC)c2)cc1NC(=O)[C@@H](N)Cc1ccc(OCc2ccccc2)cc1. The number of hydrogen-bond acceptors (Lipinski definition) is 8. The second kappa shape index (κ2) is 15.7. The summed E-state index contributed by atoms with van der Waals surface area (Å²) in [4.78, 5) is 29.1. The van der Waals surface area contributed by atoms with E-state index in [-0.39, 0.29) is 11.8 Å². The van der Waals surface area contributed by atoms with Crippen LogP contribution in [0.3, 0.4) is 0 Å². The molecule has 1 heterocycles. The van der Waals surface area contributed by atoms with Gasteiger partial charge < -0.3 is 39.6 Å². The van der Waals surface area contributed by atoms with E-state index in [1.807, 2.05) is 97.1 Å². The fourth-order valence-corrected chi connectivity index (χ4v) is 6.35. The first-order valence-electron chi connectivity index (χ1n) is 16.5. The van der Waals surface area contributed by atoms with Crippen LogP contribution in [0.2, 0.25) is 0 Å². The van der Waals surface area contributed by atoms with Gasteiger partial charge in [-0.15, -0.1) is 0 Å². The van der Waals surface area contributed by atoms with Crippen LogP contribution in [0.5, 0.6) is 28.7 Å². The van der Waals surface area contributed by atoms with Crippen molar-refractivity contribution < 1.29 is 33.3 Å². The molecular formula is C41H41N3O7. The quantitative estimate of drug-likeness (QED) is 0.124. The Morgan fingerprint density at radius 1 is 0.725 bits per heavy atom. The zero-order chi connectivity index (χ0) is 35.9. The zero-order valence-electron chi connectivity index (χ0n) is 29.0. The summed E-state index contributed by atoms with van der Waals surface area (Å²) in [6.45, 7) is 0.463. The van der Waals surface area contributed by atoms with Crippen molar-refractivity contribution in [2.75, 3.05) is 38.7 Å². The predicted molar refractivity (Wildman–Crippen MR) is 196 cm³/mol. The minimum Gasteiger partial charge on any atom is -0.495 e. The van der Waals surface area contributed by atoms with Crippen LogP contribution in [0.15, 0.2) is 115 Å². The van der Waals surface area contributed by atoms with Crippen molar-refractivity contribution in [3.05, 3.63) is 138 Å². The monoisotopic (exact) mass is 687 g/mol. The van der Waals surface area contributed by atoms with E-state index in [1.54, 1.807) is 23.1 Å². The van der Waals surface area contributed by atoms with Crippen LogP contribution >= 0.6 is 0 Å². The fraction of sp³-hybridized carbons (Fsp3) is 0.220. The van der Waals surface area contributed by atoms with Crippen molar-refractivity contribution in [1.82, 2.24) is 0 Å². The molecule has 3 atom stereocenters. The van der Waals surface area contributed by atoms with Gasteiger partial charge in [0.2, 0.25) is 17.6 Å². The number of methoxy groups -OCH3 is 4. The molecule has 10 nitrogen and oxygen atoms in total. The highest BCUT2D eigenvalue weighted by atomic mass is 16.5. The van der Waals surface area contributed by atoms with Crippen molar-refractivity contribution in [3.63, 3.8) is 0 Å². The molecule has 0 radical (unpaired) electrons. The molecule has 0 unspecified atom stereocenters. The van der Waals surface area contributed by atoms with Gasteiger partial charge in [-0.1, -0.05) is 78.9 Å². The van der Waals surface area contributed by atoms with Crippen molar-refractivity contribution in [1.29, 1.82) is 0 Å². The first-order valence-corrected chi connectivity index (χ1v) is 16.5. The van der Waals surface area contributed by atoms with Gasteiger partial charge in [0.15, 0.2) is 11.5 Å². The second-order valence-corrected chi connectivity index (χ2v) is 12.1. The van der Waals surface area contributed by atoms with Gasteiger partial charge in [0.25, 0.3) is 0 Å². The summed E-state index contributed by atoms with van der Waals surface area (Å²) in [7, 11) is 6.13. The molecule has 262 valence electrons. The normalized spacial score (nSPS) is 15.7. The van der Waals surface area contributed by atoms with E-state index in [9.17, 15) is 9.59 Å². The van der Waals surface area contributed by atoms with E-state index in [4.69, 9.17) is 29.4 Å². The number of nitrogens with zero attached hydrogens (tertiary/aromatic N) is 1. The van der Waals surface area contributed by atoms with Gasteiger partial charge in [-0.05, 0) is 52.9 Å². The van der Waals surface area contributed by atoms with E-state index in [0.29, 0.717) is 47.4 Å². The Morgan fingerprint density at radius 2 is 1.35 bits per heavy atom. The number of β-lactam (4-membered cyclic amide) rings is 1. The maximum absolute atomic E-state index is 14.0. The van der Waals surface area contributed by atoms with Gasteiger partial charge in [0.1, 0.15) is 18.1 Å². The third-order valence-electron chi connectivity index (χ3n) is 8.97. The first-order chi connectivity index (χ1) is 24.8. The molecule has 0 spiro atoms. The van der Waals surface area contributed by atoms with Gasteiger partial charge in [-0.25, -0.2) is 0 Å². The fourth-order valence-electron chi connectivity index (χ4n) is 6.35. The van der Waals surface area contributed by atoms with Crippen LogP contribution in [0, 0.1) is 0 Å². The molecule has 6 rings (SSSR count). The zero-order valence-corrected chi connectivity index (χ0v) is 29.0. The van der Waals surface area contributed by atoms with Crippen molar-refractivity contribution >= 4 is 23.2 Å². The second-order valence-electron chi connectivity index (χ2n) is 12.1.